The van der Waals surface area contributed by atoms with Crippen LogP contribution >= 0.6 is 0 Å². The number of pyridine rings is 1. The van der Waals surface area contributed by atoms with E-state index in [1.54, 1.807) is 19.4 Å². The summed E-state index contributed by atoms with van der Waals surface area (Å²) in [6.07, 6.45) is 1.58. The van der Waals surface area contributed by atoms with Crippen LogP contribution < -0.4 is 9.64 Å². The zero-order valence-corrected chi connectivity index (χ0v) is 11.0. The fourth-order valence-corrected chi connectivity index (χ4v) is 1.85. The first-order valence-corrected chi connectivity index (χ1v) is 5.94. The van der Waals surface area contributed by atoms with Crippen LogP contribution in [0.5, 0.6) is 5.75 Å². The molecule has 0 aliphatic carbocycles. The van der Waals surface area contributed by atoms with E-state index in [2.05, 4.69) is 11.1 Å². The summed E-state index contributed by atoms with van der Waals surface area (Å²) in [6.45, 7) is 0.697. The Morgan fingerprint density at radius 3 is 2.68 bits per heavy atom. The Bertz CT molecular complexity index is 587. The Labute approximate surface area is 112 Å². The monoisotopic (exact) mass is 253 g/mol. The summed E-state index contributed by atoms with van der Waals surface area (Å²) in [5.41, 5.74) is 1.66. The molecular weight excluding hydrogens is 238 g/mol. The highest BCUT2D eigenvalue weighted by Gasteiger charge is 2.07. The molecule has 0 atom stereocenters. The van der Waals surface area contributed by atoms with Crippen molar-refractivity contribution < 1.29 is 4.74 Å². The first kappa shape index (κ1) is 12.9. The fraction of sp³-hybridized carbons (Fsp3) is 0.200. The van der Waals surface area contributed by atoms with Crippen LogP contribution in [0.25, 0.3) is 0 Å². The maximum atomic E-state index is 8.75. The number of methoxy groups -OCH3 is 1. The van der Waals surface area contributed by atoms with Crippen molar-refractivity contribution in [2.75, 3.05) is 19.1 Å². The maximum absolute atomic E-state index is 8.75. The summed E-state index contributed by atoms with van der Waals surface area (Å²) in [4.78, 5) is 6.28. The largest absolute Gasteiger partial charge is 0.496 e. The van der Waals surface area contributed by atoms with Gasteiger partial charge in [0.15, 0.2) is 0 Å². The van der Waals surface area contributed by atoms with Crippen molar-refractivity contribution >= 4 is 5.82 Å². The molecule has 0 aliphatic rings. The highest BCUT2D eigenvalue weighted by molar-refractivity contribution is 5.44. The molecule has 0 saturated heterocycles. The minimum absolute atomic E-state index is 0.564. The molecule has 96 valence electrons. The van der Waals surface area contributed by atoms with Crippen molar-refractivity contribution in [1.29, 1.82) is 5.26 Å². The van der Waals surface area contributed by atoms with Gasteiger partial charge in [0.05, 0.1) is 12.7 Å². The topological polar surface area (TPSA) is 49.1 Å². The normalized spacial score (nSPS) is 9.74. The zero-order chi connectivity index (χ0) is 13.7. The number of nitriles is 1. The molecule has 0 bridgehead atoms. The van der Waals surface area contributed by atoms with E-state index in [4.69, 9.17) is 10.00 Å². The van der Waals surface area contributed by atoms with Gasteiger partial charge in [0.25, 0.3) is 0 Å². The van der Waals surface area contributed by atoms with Crippen LogP contribution in [0.2, 0.25) is 0 Å². The first-order valence-electron chi connectivity index (χ1n) is 5.94. The molecule has 4 heteroatoms. The molecule has 0 fully saturated rings. The minimum atomic E-state index is 0.564. The second-order valence-electron chi connectivity index (χ2n) is 4.18. The van der Waals surface area contributed by atoms with Crippen LogP contribution in [0.3, 0.4) is 0 Å². The van der Waals surface area contributed by atoms with Gasteiger partial charge in [-0.15, -0.1) is 0 Å². The summed E-state index contributed by atoms with van der Waals surface area (Å²) in [7, 11) is 3.62. The summed E-state index contributed by atoms with van der Waals surface area (Å²) >= 11 is 0. The maximum Gasteiger partial charge on any atom is 0.128 e. The second-order valence-corrected chi connectivity index (χ2v) is 4.18. The van der Waals surface area contributed by atoms with Crippen LogP contribution in [0.15, 0.2) is 42.6 Å². The van der Waals surface area contributed by atoms with Gasteiger partial charge in [-0.25, -0.2) is 4.98 Å². The van der Waals surface area contributed by atoms with Crippen LogP contribution in [0, 0.1) is 11.3 Å². The van der Waals surface area contributed by atoms with Crippen LogP contribution in [0.1, 0.15) is 11.1 Å². The minimum Gasteiger partial charge on any atom is -0.496 e. The predicted molar refractivity (Wildman–Crippen MR) is 74.1 cm³/mol. The molecule has 0 amide bonds. The molecule has 0 saturated carbocycles. The molecule has 0 aliphatic heterocycles. The van der Waals surface area contributed by atoms with E-state index in [1.807, 2.05) is 42.3 Å². The van der Waals surface area contributed by atoms with Gasteiger partial charge in [-0.2, -0.15) is 5.26 Å². The lowest BCUT2D eigenvalue weighted by Crippen LogP contribution is -2.18. The van der Waals surface area contributed by atoms with Gasteiger partial charge in [0.2, 0.25) is 0 Å². The van der Waals surface area contributed by atoms with Crippen molar-refractivity contribution in [2.45, 2.75) is 6.54 Å². The number of para-hydroxylation sites is 1. The van der Waals surface area contributed by atoms with Crippen molar-refractivity contribution in [2.24, 2.45) is 0 Å². The third kappa shape index (κ3) is 3.02. The third-order valence-electron chi connectivity index (χ3n) is 2.87. The van der Waals surface area contributed by atoms with Crippen LogP contribution in [-0.2, 0) is 6.54 Å². The highest BCUT2D eigenvalue weighted by atomic mass is 16.5. The van der Waals surface area contributed by atoms with Gasteiger partial charge in [0, 0.05) is 25.4 Å². The predicted octanol–water partition coefficient (Wildman–Crippen LogP) is 2.60. The Morgan fingerprint density at radius 2 is 2.05 bits per heavy atom. The molecule has 1 heterocycles. The van der Waals surface area contributed by atoms with E-state index in [-0.39, 0.29) is 0 Å². The molecular formula is C15H15N3O. The fourth-order valence-electron chi connectivity index (χ4n) is 1.85. The Balaban J connectivity index is 2.16. The lowest BCUT2D eigenvalue weighted by Gasteiger charge is -2.19. The molecule has 4 nitrogen and oxygen atoms in total. The quantitative estimate of drug-likeness (QED) is 0.840. The molecule has 0 unspecified atom stereocenters. The van der Waals surface area contributed by atoms with Gasteiger partial charge in [0.1, 0.15) is 17.6 Å². The molecule has 1 aromatic heterocycles. The van der Waals surface area contributed by atoms with E-state index in [9.17, 15) is 0 Å². The van der Waals surface area contributed by atoms with E-state index in [1.165, 1.54) is 0 Å². The average Bonchev–Trinajstić information content (AvgIpc) is 2.48. The number of hydrogen-bond donors (Lipinski definition) is 0. The Morgan fingerprint density at radius 1 is 1.26 bits per heavy atom. The van der Waals surface area contributed by atoms with Crippen molar-refractivity contribution in [3.8, 4) is 11.8 Å². The van der Waals surface area contributed by atoms with Crippen LogP contribution in [-0.4, -0.2) is 19.1 Å². The van der Waals surface area contributed by atoms with Gasteiger partial charge in [-0.3, -0.25) is 0 Å². The standard InChI is InChI=1S/C15H15N3O/c1-18(15-8-7-12(9-16)10-17-15)11-13-5-3-4-6-14(13)19-2/h3-8,10H,11H2,1-2H3. The number of rotatable bonds is 4. The third-order valence-corrected chi connectivity index (χ3v) is 2.87. The number of nitrogens with zero attached hydrogens (tertiary/aromatic N) is 3. The molecule has 0 N–H and O–H groups in total. The van der Waals surface area contributed by atoms with E-state index < -0.39 is 0 Å². The van der Waals surface area contributed by atoms with Gasteiger partial charge in [-0.05, 0) is 18.2 Å². The number of hydrogen-bond acceptors (Lipinski definition) is 4. The molecule has 0 radical (unpaired) electrons. The van der Waals surface area contributed by atoms with E-state index in [0.717, 1.165) is 17.1 Å². The second kappa shape index (κ2) is 5.87. The van der Waals surface area contributed by atoms with E-state index in [0.29, 0.717) is 12.1 Å². The number of anilines is 1. The van der Waals surface area contributed by atoms with Crippen molar-refractivity contribution in [1.82, 2.24) is 4.98 Å². The molecule has 19 heavy (non-hydrogen) atoms. The molecule has 2 aromatic rings. The summed E-state index contributed by atoms with van der Waals surface area (Å²) in [5.74, 6) is 1.69. The zero-order valence-electron chi connectivity index (χ0n) is 11.0. The Kier molecular flexibility index (Phi) is 3.99. The van der Waals surface area contributed by atoms with Gasteiger partial charge < -0.3 is 9.64 Å². The summed E-state index contributed by atoms with van der Waals surface area (Å²) < 4.78 is 5.33. The summed E-state index contributed by atoms with van der Waals surface area (Å²) in [5, 5.41) is 8.75. The van der Waals surface area contributed by atoms with Gasteiger partial charge >= 0.3 is 0 Å². The Hall–Kier alpha value is -2.54. The number of ether oxygens (including phenoxy) is 1. The van der Waals surface area contributed by atoms with Crippen LogP contribution in [0.4, 0.5) is 5.82 Å². The summed E-state index contributed by atoms with van der Waals surface area (Å²) in [6, 6.07) is 13.6. The van der Waals surface area contributed by atoms with E-state index >= 15 is 0 Å². The lowest BCUT2D eigenvalue weighted by atomic mass is 10.2. The highest BCUT2D eigenvalue weighted by Crippen LogP contribution is 2.21. The SMILES string of the molecule is COc1ccccc1CN(C)c1ccc(C#N)cn1. The average molecular weight is 253 g/mol. The molecule has 0 spiro atoms. The molecule has 2 rings (SSSR count). The number of benzene rings is 1. The van der Waals surface area contributed by atoms with Gasteiger partial charge in [-0.1, -0.05) is 18.2 Å². The van der Waals surface area contributed by atoms with Crippen molar-refractivity contribution in [3.05, 3.63) is 53.7 Å². The number of aromatic nitrogens is 1. The molecule has 1 aromatic carbocycles. The smallest absolute Gasteiger partial charge is 0.128 e. The lowest BCUT2D eigenvalue weighted by molar-refractivity contribution is 0.409. The first-order chi connectivity index (χ1) is 9.24. The van der Waals surface area contributed by atoms with Crippen molar-refractivity contribution in [3.63, 3.8) is 0 Å².